The minimum atomic E-state index is 0.892. The molecule has 0 aliphatic carbocycles. The first-order valence-electron chi connectivity index (χ1n) is 13.5. The van der Waals surface area contributed by atoms with Crippen molar-refractivity contribution >= 4 is 0 Å². The lowest BCUT2D eigenvalue weighted by atomic mass is 10.0. The molecule has 30 heavy (non-hydrogen) atoms. The summed E-state index contributed by atoms with van der Waals surface area (Å²) in [6.07, 6.45) is 24.7. The second kappa shape index (κ2) is 18.7. The van der Waals surface area contributed by atoms with E-state index in [2.05, 4.69) is 43.0 Å². The van der Waals surface area contributed by atoms with Gasteiger partial charge in [0.2, 0.25) is 0 Å². The van der Waals surface area contributed by atoms with E-state index in [1.807, 2.05) is 5.12 Å². The summed E-state index contributed by atoms with van der Waals surface area (Å²) in [5.74, 6) is 0. The van der Waals surface area contributed by atoms with Gasteiger partial charge in [-0.15, -0.1) is 5.11 Å². The maximum Gasteiger partial charge on any atom is 0.0856 e. The highest BCUT2D eigenvalue weighted by Gasteiger charge is 2.21. The molecule has 4 nitrogen and oxygen atoms in total. The average molecular weight is 421 g/mol. The average Bonchev–Trinajstić information content (AvgIpc) is 2.78. The maximum absolute atomic E-state index is 4.42. The van der Waals surface area contributed by atoms with E-state index in [1.165, 1.54) is 114 Å². The van der Waals surface area contributed by atoms with Crippen molar-refractivity contribution in [1.82, 2.24) is 10.1 Å². The third kappa shape index (κ3) is 11.4. The minimum Gasteiger partial charge on any atom is -0.271 e. The van der Waals surface area contributed by atoms with Crippen molar-refractivity contribution in [2.75, 3.05) is 13.1 Å². The smallest absolute Gasteiger partial charge is 0.0856 e. The molecule has 176 valence electrons. The van der Waals surface area contributed by atoms with E-state index in [-0.39, 0.29) is 0 Å². The first kappa shape index (κ1) is 27.0. The van der Waals surface area contributed by atoms with E-state index in [9.17, 15) is 0 Å². The summed E-state index contributed by atoms with van der Waals surface area (Å²) in [6.45, 7) is 10.8. The van der Waals surface area contributed by atoms with E-state index < -0.39 is 0 Å². The van der Waals surface area contributed by atoms with Crippen LogP contribution in [0.2, 0.25) is 0 Å². The monoisotopic (exact) mass is 420 g/mol. The van der Waals surface area contributed by atoms with Gasteiger partial charge >= 0.3 is 0 Å². The predicted octanol–water partition coefficient (Wildman–Crippen LogP) is 9.20. The van der Waals surface area contributed by atoms with Crippen LogP contribution in [0.15, 0.2) is 21.7 Å². The van der Waals surface area contributed by atoms with E-state index in [0.29, 0.717) is 0 Å². The molecular formula is C26H52N4. The van der Waals surface area contributed by atoms with Gasteiger partial charge in [-0.1, -0.05) is 122 Å². The molecule has 0 saturated heterocycles. The largest absolute Gasteiger partial charge is 0.271 e. The number of rotatable bonds is 20. The van der Waals surface area contributed by atoms with Gasteiger partial charge < -0.3 is 0 Å². The molecule has 0 unspecified atom stereocenters. The van der Waals surface area contributed by atoms with Crippen LogP contribution >= 0.6 is 0 Å². The van der Waals surface area contributed by atoms with E-state index in [4.69, 9.17) is 0 Å². The molecule has 0 aromatic carbocycles. The molecule has 0 bridgehead atoms. The minimum absolute atomic E-state index is 0.892. The Balaban J connectivity index is 1.98. The van der Waals surface area contributed by atoms with Crippen LogP contribution in [0.25, 0.3) is 0 Å². The lowest BCUT2D eigenvalue weighted by molar-refractivity contribution is -0.00783. The molecule has 0 N–H and O–H groups in total. The predicted molar refractivity (Wildman–Crippen MR) is 131 cm³/mol. The Hall–Kier alpha value is -1.06. The molecule has 0 saturated carbocycles. The highest BCUT2D eigenvalue weighted by molar-refractivity contribution is 5.11. The summed E-state index contributed by atoms with van der Waals surface area (Å²) in [7, 11) is 0. The lowest BCUT2D eigenvalue weighted by Gasteiger charge is -2.37. The summed E-state index contributed by atoms with van der Waals surface area (Å²) < 4.78 is 0. The first-order chi connectivity index (χ1) is 14.8. The van der Waals surface area contributed by atoms with E-state index in [0.717, 1.165) is 25.9 Å². The molecule has 0 spiro atoms. The zero-order valence-electron chi connectivity index (χ0n) is 20.9. The first-order valence-corrected chi connectivity index (χ1v) is 13.5. The quantitative estimate of drug-likeness (QED) is 0.184. The Bertz CT molecular complexity index is 458. The van der Waals surface area contributed by atoms with Gasteiger partial charge in [0.15, 0.2) is 0 Å². The van der Waals surface area contributed by atoms with Crippen LogP contribution in [0.1, 0.15) is 143 Å². The Labute approximate surface area is 188 Å². The second-order valence-electron chi connectivity index (χ2n) is 8.90. The Morgan fingerprint density at radius 1 is 0.567 bits per heavy atom. The maximum atomic E-state index is 4.42. The van der Waals surface area contributed by atoms with E-state index >= 15 is 0 Å². The molecule has 1 aliphatic heterocycles. The van der Waals surface area contributed by atoms with Gasteiger partial charge in [-0.3, -0.25) is 5.01 Å². The van der Waals surface area contributed by atoms with Gasteiger partial charge in [0.1, 0.15) is 0 Å². The van der Waals surface area contributed by atoms with Crippen molar-refractivity contribution in [3.05, 3.63) is 11.4 Å². The highest BCUT2D eigenvalue weighted by Crippen LogP contribution is 2.26. The SMILES string of the molecule is CCCCCCCCCCCCCCCCCCN1C(CC)=C(CC)N=NN1CC. The van der Waals surface area contributed by atoms with Crippen molar-refractivity contribution in [2.24, 2.45) is 10.3 Å². The Morgan fingerprint density at radius 2 is 1.03 bits per heavy atom. The van der Waals surface area contributed by atoms with Crippen molar-refractivity contribution in [2.45, 2.75) is 143 Å². The van der Waals surface area contributed by atoms with Crippen LogP contribution in [0.4, 0.5) is 0 Å². The van der Waals surface area contributed by atoms with Gasteiger partial charge in [-0.2, -0.15) is 5.12 Å². The molecule has 0 radical (unpaired) electrons. The lowest BCUT2D eigenvalue weighted by Crippen LogP contribution is -2.40. The van der Waals surface area contributed by atoms with Gasteiger partial charge in [0, 0.05) is 6.54 Å². The molecule has 1 aliphatic rings. The number of hydrazine groups is 1. The fraction of sp³-hybridized carbons (Fsp3) is 0.923. The molecule has 4 heteroatoms. The van der Waals surface area contributed by atoms with Crippen LogP contribution in [0, 0.1) is 0 Å². The summed E-state index contributed by atoms with van der Waals surface area (Å²) in [5, 5.41) is 13.2. The summed E-state index contributed by atoms with van der Waals surface area (Å²) in [6, 6.07) is 0. The third-order valence-electron chi connectivity index (χ3n) is 6.37. The van der Waals surface area contributed by atoms with E-state index in [1.54, 1.807) is 0 Å². The highest BCUT2D eigenvalue weighted by atomic mass is 15.8. The fourth-order valence-electron chi connectivity index (χ4n) is 4.46. The number of unbranched alkanes of at least 4 members (excludes halogenated alkanes) is 15. The zero-order chi connectivity index (χ0) is 21.9. The van der Waals surface area contributed by atoms with Gasteiger partial charge in [0.05, 0.1) is 17.9 Å². The number of nitrogens with zero attached hydrogens (tertiary/aromatic N) is 4. The molecule has 1 rings (SSSR count). The third-order valence-corrected chi connectivity index (χ3v) is 6.37. The summed E-state index contributed by atoms with van der Waals surface area (Å²) >= 11 is 0. The molecule has 0 fully saturated rings. The normalized spacial score (nSPS) is 14.3. The van der Waals surface area contributed by atoms with Crippen molar-refractivity contribution in [3.63, 3.8) is 0 Å². The fourth-order valence-corrected chi connectivity index (χ4v) is 4.46. The summed E-state index contributed by atoms with van der Waals surface area (Å²) in [5.41, 5.74) is 2.54. The molecule has 0 aromatic heterocycles. The van der Waals surface area contributed by atoms with Crippen molar-refractivity contribution in [3.8, 4) is 0 Å². The van der Waals surface area contributed by atoms with Crippen LogP contribution in [0.5, 0.6) is 0 Å². The van der Waals surface area contributed by atoms with Crippen molar-refractivity contribution < 1.29 is 0 Å². The Morgan fingerprint density at radius 3 is 1.43 bits per heavy atom. The Kier molecular flexibility index (Phi) is 16.8. The molecule has 0 amide bonds. The van der Waals surface area contributed by atoms with Crippen LogP contribution in [0.3, 0.4) is 0 Å². The molecule has 0 atom stereocenters. The number of hydrogen-bond donors (Lipinski definition) is 0. The van der Waals surface area contributed by atoms with Gasteiger partial charge in [-0.05, 0) is 26.2 Å². The van der Waals surface area contributed by atoms with Gasteiger partial charge in [0.25, 0.3) is 0 Å². The molecule has 0 aromatic rings. The molecule has 1 heterocycles. The van der Waals surface area contributed by atoms with Crippen LogP contribution in [-0.2, 0) is 0 Å². The standard InChI is InChI=1S/C26H52N4/c1-5-9-10-11-12-13-14-15-16-17-18-19-20-21-22-23-24-29-26(7-3)25(6-2)27-28-30(29)8-4/h5-24H2,1-4H3. The number of allylic oxidation sites excluding steroid dienone is 2. The van der Waals surface area contributed by atoms with Gasteiger partial charge in [-0.25, -0.2) is 0 Å². The van der Waals surface area contributed by atoms with Crippen LogP contribution < -0.4 is 0 Å². The van der Waals surface area contributed by atoms with Crippen molar-refractivity contribution in [1.29, 1.82) is 0 Å². The zero-order valence-corrected chi connectivity index (χ0v) is 20.9. The number of hydrogen-bond acceptors (Lipinski definition) is 4. The second-order valence-corrected chi connectivity index (χ2v) is 8.90. The summed E-state index contributed by atoms with van der Waals surface area (Å²) in [4.78, 5) is 0. The van der Waals surface area contributed by atoms with Crippen LogP contribution in [-0.4, -0.2) is 23.2 Å². The molecular weight excluding hydrogens is 368 g/mol. The topological polar surface area (TPSA) is 31.2 Å².